The molecule has 15 heavy (non-hydrogen) atoms. The highest BCUT2D eigenvalue weighted by Gasteiger charge is 2.38. The predicted molar refractivity (Wildman–Crippen MR) is 43.9 cm³/mol. The first-order valence-electron chi connectivity index (χ1n) is 4.11. The highest BCUT2D eigenvalue weighted by atomic mass is 19.4. The lowest BCUT2D eigenvalue weighted by Crippen LogP contribution is -2.35. The van der Waals surface area contributed by atoms with Crippen LogP contribution in [0.5, 0.6) is 0 Å². The predicted octanol–water partition coefficient (Wildman–Crippen LogP) is 0.0752. The average molecular weight is 228 g/mol. The third kappa shape index (κ3) is 6.72. The summed E-state index contributed by atoms with van der Waals surface area (Å²) in [6.45, 7) is 1.03. The Bertz CT molecular complexity index is 214. The summed E-state index contributed by atoms with van der Waals surface area (Å²) < 4.78 is 31.7. The van der Waals surface area contributed by atoms with Crippen LogP contribution in [0.1, 0.15) is 12.8 Å². The minimum absolute atomic E-state index is 0.243. The molecule has 3 N–H and O–H groups in total. The molecule has 0 aliphatic carbocycles. The summed E-state index contributed by atoms with van der Waals surface area (Å²) in [6, 6.07) is 0. The second-order valence-corrected chi connectivity index (χ2v) is 2.74. The summed E-state index contributed by atoms with van der Waals surface area (Å²) in [7, 11) is 0. The van der Waals surface area contributed by atoms with E-state index in [1.54, 1.807) is 0 Å². The molecule has 1 heterocycles. The fraction of sp³-hybridized carbons (Fsp3) is 0.714. The van der Waals surface area contributed by atoms with Gasteiger partial charge in [-0.1, -0.05) is 0 Å². The number of amides is 1. The number of hydrogen-bond donors (Lipinski definition) is 3. The first-order chi connectivity index (χ1) is 6.88. The minimum Gasteiger partial charge on any atom is -0.475 e. The second kappa shape index (κ2) is 6.23. The van der Waals surface area contributed by atoms with Crippen LogP contribution in [-0.2, 0) is 9.59 Å². The van der Waals surface area contributed by atoms with Crippen LogP contribution in [0, 0.1) is 0 Å². The van der Waals surface area contributed by atoms with Crippen molar-refractivity contribution < 1.29 is 27.9 Å². The van der Waals surface area contributed by atoms with E-state index >= 15 is 0 Å². The molecule has 0 aromatic rings. The lowest BCUT2D eigenvalue weighted by Gasteiger charge is -2.05. The van der Waals surface area contributed by atoms with E-state index in [2.05, 4.69) is 10.6 Å². The molecule has 1 rings (SSSR count). The molecule has 0 radical (unpaired) electrons. The lowest BCUT2D eigenvalue weighted by atomic mass is 10.3. The van der Waals surface area contributed by atoms with Gasteiger partial charge in [-0.25, -0.2) is 4.79 Å². The molecule has 1 aliphatic rings. The van der Waals surface area contributed by atoms with E-state index in [-0.39, 0.29) is 6.17 Å². The molecule has 1 fully saturated rings. The quantitative estimate of drug-likeness (QED) is 0.585. The molecule has 8 heteroatoms. The highest BCUT2D eigenvalue weighted by Crippen LogP contribution is 2.13. The zero-order valence-corrected chi connectivity index (χ0v) is 7.67. The van der Waals surface area contributed by atoms with Crippen molar-refractivity contribution in [3.05, 3.63) is 0 Å². The van der Waals surface area contributed by atoms with Crippen LogP contribution in [0.3, 0.4) is 0 Å². The Morgan fingerprint density at radius 1 is 1.53 bits per heavy atom. The minimum atomic E-state index is -5.08. The molecule has 0 aromatic heterocycles. The topological polar surface area (TPSA) is 78.4 Å². The first kappa shape index (κ1) is 13.7. The molecule has 88 valence electrons. The molecule has 1 unspecified atom stereocenters. The molecule has 0 aromatic carbocycles. The maximum absolute atomic E-state index is 10.6. The van der Waals surface area contributed by atoms with Crippen molar-refractivity contribution in [2.75, 3.05) is 6.54 Å². The van der Waals surface area contributed by atoms with Gasteiger partial charge in [0.1, 0.15) is 0 Å². The number of rotatable bonds is 2. The Labute approximate surface area is 83.6 Å². The van der Waals surface area contributed by atoms with Crippen LogP contribution in [0.15, 0.2) is 0 Å². The molecular weight excluding hydrogens is 217 g/mol. The van der Waals surface area contributed by atoms with Gasteiger partial charge in [0.25, 0.3) is 0 Å². The third-order valence-corrected chi connectivity index (χ3v) is 1.57. The number of hydrogen-bond acceptors (Lipinski definition) is 3. The van der Waals surface area contributed by atoms with E-state index < -0.39 is 12.1 Å². The number of nitrogens with one attached hydrogen (secondary N) is 2. The summed E-state index contributed by atoms with van der Waals surface area (Å²) in [4.78, 5) is 18.7. The Morgan fingerprint density at radius 3 is 2.33 bits per heavy atom. The lowest BCUT2D eigenvalue weighted by molar-refractivity contribution is -0.192. The van der Waals surface area contributed by atoms with E-state index in [1.165, 1.54) is 6.42 Å². The van der Waals surface area contributed by atoms with Crippen LogP contribution in [0.25, 0.3) is 0 Å². The van der Waals surface area contributed by atoms with Crippen LogP contribution < -0.4 is 10.6 Å². The summed E-state index contributed by atoms with van der Waals surface area (Å²) in [6.07, 6.45) is -1.86. The van der Waals surface area contributed by atoms with Crippen molar-refractivity contribution in [3.8, 4) is 0 Å². The fourth-order valence-electron chi connectivity index (χ4n) is 0.909. The normalized spacial score (nSPS) is 20.1. The Kier molecular flexibility index (Phi) is 5.68. The summed E-state index contributed by atoms with van der Waals surface area (Å²) in [5, 5.41) is 12.9. The molecule has 1 aliphatic heterocycles. The Balaban J connectivity index is 0.000000265. The summed E-state index contributed by atoms with van der Waals surface area (Å²) >= 11 is 0. The third-order valence-electron chi connectivity index (χ3n) is 1.57. The fourth-order valence-corrected chi connectivity index (χ4v) is 0.909. The summed E-state index contributed by atoms with van der Waals surface area (Å²) in [5.74, 6) is -2.76. The molecule has 1 amide bonds. The Morgan fingerprint density at radius 2 is 2.07 bits per heavy atom. The average Bonchev–Trinajstić information content (AvgIpc) is 2.57. The molecule has 1 atom stereocenters. The monoisotopic (exact) mass is 228 g/mol. The SMILES string of the molecule is O=C(O)C(F)(F)F.O=CNC1CCCN1. The van der Waals surface area contributed by atoms with Crippen LogP contribution >= 0.6 is 0 Å². The smallest absolute Gasteiger partial charge is 0.475 e. The van der Waals surface area contributed by atoms with Crippen molar-refractivity contribution in [1.82, 2.24) is 10.6 Å². The molecule has 0 spiro atoms. The number of carboxylic acids is 1. The van der Waals surface area contributed by atoms with Gasteiger partial charge in [-0.3, -0.25) is 10.1 Å². The number of alkyl halides is 3. The number of carbonyl (C=O) groups is 2. The highest BCUT2D eigenvalue weighted by molar-refractivity contribution is 5.73. The van der Waals surface area contributed by atoms with Gasteiger partial charge in [-0.15, -0.1) is 0 Å². The van der Waals surface area contributed by atoms with Crippen LogP contribution in [0.2, 0.25) is 0 Å². The van der Waals surface area contributed by atoms with Crippen LogP contribution in [0.4, 0.5) is 13.2 Å². The van der Waals surface area contributed by atoms with Gasteiger partial charge in [0.05, 0.1) is 6.17 Å². The van der Waals surface area contributed by atoms with E-state index in [1.807, 2.05) is 0 Å². The maximum Gasteiger partial charge on any atom is 0.490 e. The van der Waals surface area contributed by atoms with Gasteiger partial charge in [0.15, 0.2) is 0 Å². The van der Waals surface area contributed by atoms with Crippen molar-refractivity contribution in [2.45, 2.75) is 25.2 Å². The zero-order valence-electron chi connectivity index (χ0n) is 7.67. The van der Waals surface area contributed by atoms with Gasteiger partial charge in [0.2, 0.25) is 6.41 Å². The number of halogens is 3. The molecule has 5 nitrogen and oxygen atoms in total. The Hall–Kier alpha value is -1.31. The van der Waals surface area contributed by atoms with Gasteiger partial charge >= 0.3 is 12.1 Å². The van der Waals surface area contributed by atoms with Gasteiger partial charge in [-0.2, -0.15) is 13.2 Å². The standard InChI is InChI=1S/C5H10N2O.C2HF3O2/c8-4-7-5-2-1-3-6-5;3-2(4,5)1(6)7/h4-6H,1-3H2,(H,7,8);(H,6,7). The number of aliphatic carboxylic acids is 1. The second-order valence-electron chi connectivity index (χ2n) is 2.74. The summed E-state index contributed by atoms with van der Waals surface area (Å²) in [5.41, 5.74) is 0. The van der Waals surface area contributed by atoms with Gasteiger partial charge < -0.3 is 10.4 Å². The van der Waals surface area contributed by atoms with E-state index in [0.29, 0.717) is 0 Å². The van der Waals surface area contributed by atoms with Crippen molar-refractivity contribution in [2.24, 2.45) is 0 Å². The van der Waals surface area contributed by atoms with Gasteiger partial charge in [-0.05, 0) is 19.4 Å². The molecule has 1 saturated heterocycles. The van der Waals surface area contributed by atoms with Crippen molar-refractivity contribution in [1.29, 1.82) is 0 Å². The van der Waals surface area contributed by atoms with Crippen molar-refractivity contribution >= 4 is 12.4 Å². The van der Waals surface area contributed by atoms with Gasteiger partial charge in [0, 0.05) is 0 Å². The van der Waals surface area contributed by atoms with E-state index in [4.69, 9.17) is 9.90 Å². The number of carboxylic acid groups (broad SMARTS) is 1. The molecule has 0 bridgehead atoms. The van der Waals surface area contributed by atoms with Crippen LogP contribution in [-0.4, -0.2) is 36.4 Å². The number of carbonyl (C=O) groups excluding carboxylic acids is 1. The molecule has 0 saturated carbocycles. The first-order valence-corrected chi connectivity index (χ1v) is 4.11. The zero-order chi connectivity index (χ0) is 11.9. The molecular formula is C7H11F3N2O3. The van der Waals surface area contributed by atoms with Crippen molar-refractivity contribution in [3.63, 3.8) is 0 Å². The van der Waals surface area contributed by atoms with E-state index in [0.717, 1.165) is 19.4 Å². The van der Waals surface area contributed by atoms with E-state index in [9.17, 15) is 18.0 Å². The largest absolute Gasteiger partial charge is 0.490 e. The maximum atomic E-state index is 10.6.